The van der Waals surface area contributed by atoms with Gasteiger partial charge >= 0.3 is 0 Å². The highest BCUT2D eigenvalue weighted by molar-refractivity contribution is 7.15. The topological polar surface area (TPSA) is 80.8 Å². The molecule has 0 atom stereocenters. The Kier molecular flexibility index (Phi) is 6.74. The van der Waals surface area contributed by atoms with Crippen LogP contribution in [0.25, 0.3) is 0 Å². The van der Waals surface area contributed by atoms with Crippen molar-refractivity contribution in [1.82, 2.24) is 9.88 Å². The SMILES string of the molecule is COc1ccc(CC(=O)Nc2nc3c(s2)CN(C(=O)CC(C)C)CC3)cc1OC. The van der Waals surface area contributed by atoms with Gasteiger partial charge in [0.1, 0.15) is 0 Å². The number of rotatable bonds is 7. The van der Waals surface area contributed by atoms with E-state index < -0.39 is 0 Å². The van der Waals surface area contributed by atoms with E-state index >= 15 is 0 Å². The average molecular weight is 418 g/mol. The zero-order chi connectivity index (χ0) is 21.0. The lowest BCUT2D eigenvalue weighted by atomic mass is 10.1. The maximum Gasteiger partial charge on any atom is 0.230 e. The Bertz CT molecular complexity index is 894. The van der Waals surface area contributed by atoms with Crippen LogP contribution in [0.2, 0.25) is 0 Å². The Morgan fingerprint density at radius 2 is 2.00 bits per heavy atom. The predicted octanol–water partition coefficient (Wildman–Crippen LogP) is 3.27. The molecule has 0 spiro atoms. The highest BCUT2D eigenvalue weighted by Gasteiger charge is 2.24. The molecule has 0 aliphatic carbocycles. The van der Waals surface area contributed by atoms with Crippen LogP contribution in [0.1, 0.15) is 36.4 Å². The standard InChI is InChI=1S/C21H27N3O4S/c1-13(2)9-20(26)24-8-7-15-18(12-24)29-21(22-15)23-19(25)11-14-5-6-16(27-3)17(10-14)28-4/h5-6,10,13H,7-9,11-12H2,1-4H3,(H,22,23,25). The first-order chi connectivity index (χ1) is 13.9. The van der Waals surface area contributed by atoms with Crippen LogP contribution in [0.4, 0.5) is 5.13 Å². The molecule has 1 N–H and O–H groups in total. The van der Waals surface area contributed by atoms with Gasteiger partial charge in [0.15, 0.2) is 16.6 Å². The van der Waals surface area contributed by atoms with E-state index in [0.29, 0.717) is 42.1 Å². The third kappa shape index (κ3) is 5.26. The molecule has 156 valence electrons. The number of nitrogens with one attached hydrogen (secondary N) is 1. The third-order valence-electron chi connectivity index (χ3n) is 4.73. The van der Waals surface area contributed by atoms with Crippen LogP contribution < -0.4 is 14.8 Å². The molecule has 8 heteroatoms. The molecule has 0 saturated carbocycles. The maximum atomic E-state index is 12.5. The van der Waals surface area contributed by atoms with Crippen molar-refractivity contribution in [3.8, 4) is 11.5 Å². The van der Waals surface area contributed by atoms with E-state index in [0.717, 1.165) is 22.6 Å². The summed E-state index contributed by atoms with van der Waals surface area (Å²) in [6.07, 6.45) is 1.49. The first kappa shape index (κ1) is 21.1. The number of benzene rings is 1. The number of ether oxygens (including phenoxy) is 2. The van der Waals surface area contributed by atoms with Gasteiger partial charge in [-0.2, -0.15) is 0 Å². The van der Waals surface area contributed by atoms with Crippen molar-refractivity contribution in [1.29, 1.82) is 0 Å². The van der Waals surface area contributed by atoms with Crippen LogP contribution in [-0.4, -0.2) is 42.5 Å². The Morgan fingerprint density at radius 1 is 1.24 bits per heavy atom. The molecule has 2 amide bonds. The van der Waals surface area contributed by atoms with E-state index in [2.05, 4.69) is 10.3 Å². The molecule has 3 rings (SSSR count). The smallest absolute Gasteiger partial charge is 0.230 e. The van der Waals surface area contributed by atoms with Crippen molar-refractivity contribution >= 4 is 28.3 Å². The minimum absolute atomic E-state index is 0.143. The lowest BCUT2D eigenvalue weighted by Crippen LogP contribution is -2.36. The second kappa shape index (κ2) is 9.26. The molecule has 0 radical (unpaired) electrons. The molecule has 7 nitrogen and oxygen atoms in total. The molecule has 1 aromatic carbocycles. The van der Waals surface area contributed by atoms with E-state index in [9.17, 15) is 9.59 Å². The van der Waals surface area contributed by atoms with Crippen molar-refractivity contribution in [3.63, 3.8) is 0 Å². The Labute approximate surface area is 175 Å². The van der Waals surface area contributed by atoms with Gasteiger partial charge in [0.25, 0.3) is 0 Å². The fourth-order valence-corrected chi connectivity index (χ4v) is 4.32. The molecule has 2 aromatic rings. The van der Waals surface area contributed by atoms with Crippen molar-refractivity contribution in [3.05, 3.63) is 34.3 Å². The summed E-state index contributed by atoms with van der Waals surface area (Å²) in [5.41, 5.74) is 1.80. The van der Waals surface area contributed by atoms with Crippen molar-refractivity contribution in [2.75, 3.05) is 26.1 Å². The predicted molar refractivity (Wildman–Crippen MR) is 113 cm³/mol. The first-order valence-electron chi connectivity index (χ1n) is 9.66. The van der Waals surface area contributed by atoms with Crippen LogP contribution in [0.5, 0.6) is 11.5 Å². The van der Waals surface area contributed by atoms with Gasteiger partial charge in [-0.25, -0.2) is 4.98 Å². The quantitative estimate of drug-likeness (QED) is 0.748. The molecule has 1 aliphatic rings. The molecule has 0 saturated heterocycles. The molecule has 0 fully saturated rings. The number of anilines is 1. The Morgan fingerprint density at radius 3 is 2.69 bits per heavy atom. The molecular weight excluding hydrogens is 390 g/mol. The van der Waals surface area contributed by atoms with Gasteiger partial charge in [0.2, 0.25) is 11.8 Å². The number of aromatic nitrogens is 1. The minimum Gasteiger partial charge on any atom is -0.493 e. The summed E-state index contributed by atoms with van der Waals surface area (Å²) < 4.78 is 10.5. The van der Waals surface area contributed by atoms with Gasteiger partial charge in [-0.3, -0.25) is 9.59 Å². The zero-order valence-electron chi connectivity index (χ0n) is 17.3. The molecule has 0 unspecified atom stereocenters. The van der Waals surface area contributed by atoms with Crippen molar-refractivity contribution < 1.29 is 19.1 Å². The number of carbonyl (C=O) groups is 2. The number of hydrogen-bond acceptors (Lipinski definition) is 6. The van der Waals surface area contributed by atoms with Crippen LogP contribution in [0.15, 0.2) is 18.2 Å². The van der Waals surface area contributed by atoms with Gasteiger partial charge < -0.3 is 19.7 Å². The molecule has 1 aromatic heterocycles. The number of hydrogen-bond donors (Lipinski definition) is 1. The summed E-state index contributed by atoms with van der Waals surface area (Å²) in [6, 6.07) is 5.42. The summed E-state index contributed by atoms with van der Waals surface area (Å²) in [4.78, 5) is 32.3. The molecule has 29 heavy (non-hydrogen) atoms. The third-order valence-corrected chi connectivity index (χ3v) is 5.72. The number of fused-ring (bicyclic) bond motifs is 1. The second-order valence-electron chi connectivity index (χ2n) is 7.47. The van der Waals surface area contributed by atoms with E-state index in [4.69, 9.17) is 9.47 Å². The van der Waals surface area contributed by atoms with Gasteiger partial charge in [0, 0.05) is 24.3 Å². The van der Waals surface area contributed by atoms with Gasteiger partial charge in [-0.15, -0.1) is 0 Å². The molecule has 2 heterocycles. The summed E-state index contributed by atoms with van der Waals surface area (Å²) >= 11 is 1.45. The summed E-state index contributed by atoms with van der Waals surface area (Å²) in [5, 5.41) is 3.47. The van der Waals surface area contributed by atoms with E-state index in [1.165, 1.54) is 11.3 Å². The molecule has 0 bridgehead atoms. The summed E-state index contributed by atoms with van der Waals surface area (Å²) in [5.74, 6) is 1.60. The number of nitrogens with zero attached hydrogens (tertiary/aromatic N) is 2. The second-order valence-corrected chi connectivity index (χ2v) is 8.55. The monoisotopic (exact) mass is 417 g/mol. The first-order valence-corrected chi connectivity index (χ1v) is 10.5. The lowest BCUT2D eigenvalue weighted by Gasteiger charge is -2.26. The van der Waals surface area contributed by atoms with Crippen molar-refractivity contribution in [2.45, 2.75) is 39.7 Å². The zero-order valence-corrected chi connectivity index (χ0v) is 18.1. The average Bonchev–Trinajstić information content (AvgIpc) is 3.08. The van der Waals surface area contributed by atoms with E-state index in [1.54, 1.807) is 26.4 Å². The number of carbonyl (C=O) groups excluding carboxylic acids is 2. The number of methoxy groups -OCH3 is 2. The van der Waals surface area contributed by atoms with Gasteiger partial charge in [-0.1, -0.05) is 31.3 Å². The van der Waals surface area contributed by atoms with Crippen molar-refractivity contribution in [2.24, 2.45) is 5.92 Å². The van der Waals surface area contributed by atoms with Crippen LogP contribution in [-0.2, 0) is 29.0 Å². The number of thiazole rings is 1. The van der Waals surface area contributed by atoms with Crippen LogP contribution in [0.3, 0.4) is 0 Å². The molecule has 1 aliphatic heterocycles. The van der Waals surface area contributed by atoms with Crippen LogP contribution in [0, 0.1) is 5.92 Å². The Balaban J connectivity index is 1.61. The van der Waals surface area contributed by atoms with Gasteiger partial charge in [-0.05, 0) is 23.6 Å². The maximum absolute atomic E-state index is 12.5. The summed E-state index contributed by atoms with van der Waals surface area (Å²) in [7, 11) is 3.14. The van der Waals surface area contributed by atoms with Crippen LogP contribution >= 0.6 is 11.3 Å². The largest absolute Gasteiger partial charge is 0.493 e. The fourth-order valence-electron chi connectivity index (χ4n) is 3.28. The fraction of sp³-hybridized carbons (Fsp3) is 0.476. The van der Waals surface area contributed by atoms with E-state index in [-0.39, 0.29) is 18.2 Å². The van der Waals surface area contributed by atoms with E-state index in [1.807, 2.05) is 24.8 Å². The minimum atomic E-state index is -0.143. The summed E-state index contributed by atoms with van der Waals surface area (Å²) in [6.45, 7) is 5.35. The lowest BCUT2D eigenvalue weighted by molar-refractivity contribution is -0.132. The van der Waals surface area contributed by atoms with Gasteiger partial charge in [0.05, 0.1) is 32.9 Å². The number of amides is 2. The normalized spacial score (nSPS) is 13.2. The highest BCUT2D eigenvalue weighted by atomic mass is 32.1. The molecular formula is C21H27N3O4S. The Hall–Kier alpha value is -2.61. The highest BCUT2D eigenvalue weighted by Crippen LogP contribution is 2.30.